The summed E-state index contributed by atoms with van der Waals surface area (Å²) in [5.41, 5.74) is 1.02. The molecule has 0 aliphatic heterocycles. The minimum atomic E-state index is 0.690. The smallest absolute Gasteiger partial charge is 0.137 e. The van der Waals surface area contributed by atoms with Crippen molar-refractivity contribution >= 4 is 15.9 Å². The fraction of sp³-hybridized carbons (Fsp3) is 0.375. The van der Waals surface area contributed by atoms with E-state index in [2.05, 4.69) is 20.9 Å². The second-order valence-electron chi connectivity index (χ2n) is 2.05. The van der Waals surface area contributed by atoms with E-state index >= 15 is 0 Å². The van der Waals surface area contributed by atoms with Gasteiger partial charge in [0, 0.05) is 5.33 Å². The van der Waals surface area contributed by atoms with Gasteiger partial charge in [-0.1, -0.05) is 15.9 Å². The molecule has 1 heterocycles. The molecule has 0 aromatic carbocycles. The summed E-state index contributed by atoms with van der Waals surface area (Å²) in [5.74, 6) is 0.831. The monoisotopic (exact) mass is 215 g/mol. The van der Waals surface area contributed by atoms with Crippen molar-refractivity contribution in [2.45, 2.75) is 12.3 Å². The summed E-state index contributed by atoms with van der Waals surface area (Å²) in [6, 6.07) is 3.87. The molecule has 0 saturated carbocycles. The van der Waals surface area contributed by atoms with Gasteiger partial charge >= 0.3 is 0 Å². The van der Waals surface area contributed by atoms with E-state index in [-0.39, 0.29) is 0 Å². The van der Waals surface area contributed by atoms with Gasteiger partial charge in [0.2, 0.25) is 0 Å². The Morgan fingerprint density at radius 2 is 2.36 bits per heavy atom. The van der Waals surface area contributed by atoms with Crippen LogP contribution in [-0.2, 0) is 5.33 Å². The molecule has 0 unspecified atom stereocenters. The number of nitrogens with zero attached hydrogens (tertiary/aromatic N) is 1. The van der Waals surface area contributed by atoms with Crippen LogP contribution in [0.15, 0.2) is 18.3 Å². The predicted octanol–water partition coefficient (Wildman–Crippen LogP) is 2.38. The lowest BCUT2D eigenvalue weighted by Gasteiger charge is -2.01. The van der Waals surface area contributed by atoms with Crippen molar-refractivity contribution in [1.29, 1.82) is 0 Å². The van der Waals surface area contributed by atoms with Gasteiger partial charge in [0.15, 0.2) is 0 Å². The van der Waals surface area contributed by atoms with Crippen LogP contribution in [-0.4, -0.2) is 11.6 Å². The fourth-order valence-corrected chi connectivity index (χ4v) is 1.07. The van der Waals surface area contributed by atoms with Crippen LogP contribution in [0.5, 0.6) is 5.75 Å². The molecule has 0 amide bonds. The molecule has 1 aromatic rings. The third-order valence-electron chi connectivity index (χ3n) is 1.25. The number of aromatic nitrogens is 1. The molecular formula is C8H10BrNO. The van der Waals surface area contributed by atoms with E-state index in [1.165, 1.54) is 0 Å². The predicted molar refractivity (Wildman–Crippen MR) is 48.0 cm³/mol. The zero-order valence-electron chi connectivity index (χ0n) is 6.38. The van der Waals surface area contributed by atoms with Crippen molar-refractivity contribution in [2.75, 3.05) is 6.61 Å². The Hall–Kier alpha value is -0.570. The molecule has 0 spiro atoms. The van der Waals surface area contributed by atoms with Crippen LogP contribution in [0.3, 0.4) is 0 Å². The van der Waals surface area contributed by atoms with E-state index < -0.39 is 0 Å². The molecule has 0 aliphatic rings. The van der Waals surface area contributed by atoms with Gasteiger partial charge in [-0.2, -0.15) is 0 Å². The summed E-state index contributed by atoms with van der Waals surface area (Å²) in [6.07, 6.45) is 1.74. The average molecular weight is 216 g/mol. The zero-order valence-corrected chi connectivity index (χ0v) is 7.97. The first-order valence-electron chi connectivity index (χ1n) is 3.50. The molecule has 0 fully saturated rings. The maximum atomic E-state index is 5.23. The maximum absolute atomic E-state index is 5.23. The van der Waals surface area contributed by atoms with Gasteiger partial charge in [-0.3, -0.25) is 4.98 Å². The second-order valence-corrected chi connectivity index (χ2v) is 2.61. The van der Waals surface area contributed by atoms with E-state index in [9.17, 15) is 0 Å². The van der Waals surface area contributed by atoms with Crippen LogP contribution in [0.2, 0.25) is 0 Å². The van der Waals surface area contributed by atoms with E-state index in [4.69, 9.17) is 4.74 Å². The fourth-order valence-electron chi connectivity index (χ4n) is 0.742. The van der Waals surface area contributed by atoms with Gasteiger partial charge in [0.1, 0.15) is 5.75 Å². The minimum Gasteiger partial charge on any atom is -0.492 e. The first-order valence-corrected chi connectivity index (χ1v) is 4.62. The van der Waals surface area contributed by atoms with Crippen molar-refractivity contribution in [1.82, 2.24) is 4.98 Å². The Morgan fingerprint density at radius 3 is 2.82 bits per heavy atom. The normalized spacial score (nSPS) is 9.64. The van der Waals surface area contributed by atoms with Crippen molar-refractivity contribution in [3.63, 3.8) is 0 Å². The number of rotatable bonds is 3. The van der Waals surface area contributed by atoms with E-state index in [0.717, 1.165) is 16.8 Å². The van der Waals surface area contributed by atoms with E-state index in [1.807, 2.05) is 19.1 Å². The lowest BCUT2D eigenvalue weighted by Crippen LogP contribution is -1.92. The molecule has 0 bridgehead atoms. The van der Waals surface area contributed by atoms with Gasteiger partial charge in [-0.25, -0.2) is 0 Å². The molecule has 11 heavy (non-hydrogen) atoms. The van der Waals surface area contributed by atoms with Gasteiger partial charge in [-0.05, 0) is 19.1 Å². The molecule has 3 heteroatoms. The highest BCUT2D eigenvalue weighted by molar-refractivity contribution is 9.08. The minimum absolute atomic E-state index is 0.690. The summed E-state index contributed by atoms with van der Waals surface area (Å²) in [6.45, 7) is 2.65. The maximum Gasteiger partial charge on any atom is 0.137 e. The number of ether oxygens (including phenoxy) is 1. The highest BCUT2D eigenvalue weighted by Gasteiger charge is 1.92. The third kappa shape index (κ3) is 2.50. The Balaban J connectivity index is 2.66. The summed E-state index contributed by atoms with van der Waals surface area (Å²) in [7, 11) is 0. The molecule has 1 aromatic heterocycles. The Bertz CT molecular complexity index is 210. The first kappa shape index (κ1) is 8.53. The Kier molecular flexibility index (Phi) is 3.36. The molecule has 1 rings (SSSR count). The Morgan fingerprint density at radius 1 is 1.55 bits per heavy atom. The lowest BCUT2D eigenvalue weighted by atomic mass is 10.4. The molecule has 60 valence electrons. The van der Waals surface area contributed by atoms with Crippen LogP contribution in [0.25, 0.3) is 0 Å². The van der Waals surface area contributed by atoms with Gasteiger partial charge in [0.05, 0.1) is 18.5 Å². The largest absolute Gasteiger partial charge is 0.492 e. The number of hydrogen-bond acceptors (Lipinski definition) is 2. The zero-order chi connectivity index (χ0) is 8.10. The standard InChI is InChI=1S/C8H10BrNO/c1-2-11-8-4-3-7(5-9)10-6-8/h3-4,6H,2,5H2,1H3. The Labute approximate surface area is 74.7 Å². The van der Waals surface area contributed by atoms with Crippen molar-refractivity contribution in [2.24, 2.45) is 0 Å². The van der Waals surface area contributed by atoms with Gasteiger partial charge < -0.3 is 4.74 Å². The number of halogens is 1. The lowest BCUT2D eigenvalue weighted by molar-refractivity contribution is 0.338. The highest BCUT2D eigenvalue weighted by Crippen LogP contribution is 2.10. The van der Waals surface area contributed by atoms with Crippen LogP contribution in [0.1, 0.15) is 12.6 Å². The number of alkyl halides is 1. The van der Waals surface area contributed by atoms with E-state index in [1.54, 1.807) is 6.20 Å². The summed E-state index contributed by atoms with van der Waals surface area (Å²) < 4.78 is 5.23. The van der Waals surface area contributed by atoms with Crippen molar-refractivity contribution < 1.29 is 4.74 Å². The molecule has 0 N–H and O–H groups in total. The first-order chi connectivity index (χ1) is 5.36. The van der Waals surface area contributed by atoms with E-state index in [0.29, 0.717) is 6.61 Å². The summed E-state index contributed by atoms with van der Waals surface area (Å²) in [4.78, 5) is 4.14. The molecule has 2 nitrogen and oxygen atoms in total. The summed E-state index contributed by atoms with van der Waals surface area (Å²) >= 11 is 3.32. The molecular weight excluding hydrogens is 206 g/mol. The molecule has 0 atom stereocenters. The molecule has 0 aliphatic carbocycles. The van der Waals surface area contributed by atoms with Crippen LogP contribution < -0.4 is 4.74 Å². The number of pyridine rings is 1. The molecule has 0 saturated heterocycles. The topological polar surface area (TPSA) is 22.1 Å². The van der Waals surface area contributed by atoms with Gasteiger partial charge in [-0.15, -0.1) is 0 Å². The van der Waals surface area contributed by atoms with Crippen LogP contribution in [0, 0.1) is 0 Å². The van der Waals surface area contributed by atoms with Crippen LogP contribution in [0.4, 0.5) is 0 Å². The van der Waals surface area contributed by atoms with Gasteiger partial charge in [0.25, 0.3) is 0 Å². The van der Waals surface area contributed by atoms with Crippen molar-refractivity contribution in [3.8, 4) is 5.75 Å². The SMILES string of the molecule is CCOc1ccc(CBr)nc1. The summed E-state index contributed by atoms with van der Waals surface area (Å²) in [5, 5.41) is 0.791. The highest BCUT2D eigenvalue weighted by atomic mass is 79.9. The molecule has 0 radical (unpaired) electrons. The third-order valence-corrected chi connectivity index (χ3v) is 1.82. The van der Waals surface area contributed by atoms with Crippen molar-refractivity contribution in [3.05, 3.63) is 24.0 Å². The quantitative estimate of drug-likeness (QED) is 0.723. The second kappa shape index (κ2) is 4.34. The van der Waals surface area contributed by atoms with Crippen LogP contribution >= 0.6 is 15.9 Å². The number of hydrogen-bond donors (Lipinski definition) is 0. The average Bonchev–Trinajstić information content (AvgIpc) is 2.07.